The van der Waals surface area contributed by atoms with E-state index in [0.29, 0.717) is 23.1 Å². The molecule has 2 unspecified atom stereocenters. The number of hydrogen-bond acceptors (Lipinski definition) is 3. The smallest absolute Gasteiger partial charge is 0.379 e. The number of rotatable bonds is 9. The molecular formula is C31H32F3NO3. The van der Waals surface area contributed by atoms with Gasteiger partial charge >= 0.3 is 6.18 Å². The van der Waals surface area contributed by atoms with Gasteiger partial charge in [0.2, 0.25) is 0 Å². The Hall–Kier alpha value is -3.42. The summed E-state index contributed by atoms with van der Waals surface area (Å²) in [5.74, 6) is 0. The van der Waals surface area contributed by atoms with E-state index in [0.717, 1.165) is 11.1 Å². The third kappa shape index (κ3) is 6.00. The molecular weight excluding hydrogens is 491 g/mol. The molecule has 200 valence electrons. The van der Waals surface area contributed by atoms with E-state index in [1.54, 1.807) is 50.2 Å². The Balaban J connectivity index is 1.60. The van der Waals surface area contributed by atoms with E-state index < -0.39 is 30.2 Å². The lowest BCUT2D eigenvalue weighted by Gasteiger charge is -2.38. The van der Waals surface area contributed by atoms with Gasteiger partial charge in [-0.25, -0.2) is 0 Å². The van der Waals surface area contributed by atoms with Gasteiger partial charge in [0.05, 0.1) is 24.8 Å². The Morgan fingerprint density at radius 2 is 1.61 bits per heavy atom. The quantitative estimate of drug-likeness (QED) is 0.259. The second kappa shape index (κ2) is 10.8. The van der Waals surface area contributed by atoms with Crippen molar-refractivity contribution in [2.24, 2.45) is 0 Å². The highest BCUT2D eigenvalue weighted by atomic mass is 19.4. The van der Waals surface area contributed by atoms with Crippen LogP contribution in [0.25, 0.3) is 10.9 Å². The lowest BCUT2D eigenvalue weighted by molar-refractivity contribution is -0.271. The number of alkyl halides is 3. The van der Waals surface area contributed by atoms with Crippen molar-refractivity contribution in [3.05, 3.63) is 118 Å². The number of para-hydroxylation sites is 1. The van der Waals surface area contributed by atoms with E-state index in [-0.39, 0.29) is 11.5 Å². The first-order valence-corrected chi connectivity index (χ1v) is 12.5. The fourth-order valence-corrected chi connectivity index (χ4v) is 4.86. The molecule has 1 heterocycles. The second-order valence-electron chi connectivity index (χ2n) is 10.5. The number of hydrogen-bond donors (Lipinski definition) is 1. The fourth-order valence-electron chi connectivity index (χ4n) is 4.86. The SMILES string of the molecule is CC(OCc1ccccc1)c1cccc(C(C)(C)CC(O)(Cn2ccc(=O)c3ccccc32)C(F)(F)F)c1. The van der Waals surface area contributed by atoms with Crippen LogP contribution in [0.15, 0.2) is 95.9 Å². The first-order chi connectivity index (χ1) is 17.9. The molecule has 1 N–H and O–H groups in total. The number of ether oxygens (including phenoxy) is 1. The maximum absolute atomic E-state index is 14.4. The number of nitrogens with zero attached hydrogens (tertiary/aromatic N) is 1. The molecule has 4 rings (SSSR count). The molecule has 3 aromatic carbocycles. The third-order valence-corrected chi connectivity index (χ3v) is 7.06. The number of aromatic nitrogens is 1. The van der Waals surface area contributed by atoms with Crippen molar-refractivity contribution >= 4 is 10.9 Å². The summed E-state index contributed by atoms with van der Waals surface area (Å²) < 4.78 is 50.6. The van der Waals surface area contributed by atoms with Crippen molar-refractivity contribution in [2.45, 2.75) is 63.6 Å². The van der Waals surface area contributed by atoms with Crippen LogP contribution in [0.4, 0.5) is 13.2 Å². The number of aliphatic hydroxyl groups is 1. The molecule has 0 aliphatic heterocycles. The number of fused-ring (bicyclic) bond motifs is 1. The molecule has 2 atom stereocenters. The molecule has 0 aliphatic rings. The van der Waals surface area contributed by atoms with Gasteiger partial charge in [-0.1, -0.05) is 80.6 Å². The zero-order valence-corrected chi connectivity index (χ0v) is 21.7. The number of halogens is 3. The second-order valence-corrected chi connectivity index (χ2v) is 10.5. The van der Waals surface area contributed by atoms with Crippen molar-refractivity contribution in [2.75, 3.05) is 0 Å². The van der Waals surface area contributed by atoms with Crippen molar-refractivity contribution in [3.63, 3.8) is 0 Å². The monoisotopic (exact) mass is 523 g/mol. The Bertz CT molecular complexity index is 1450. The lowest BCUT2D eigenvalue weighted by Crippen LogP contribution is -2.52. The minimum absolute atomic E-state index is 0.278. The van der Waals surface area contributed by atoms with Crippen LogP contribution in [0.3, 0.4) is 0 Å². The van der Waals surface area contributed by atoms with E-state index in [4.69, 9.17) is 4.74 Å². The van der Waals surface area contributed by atoms with Crippen molar-refractivity contribution in [1.29, 1.82) is 0 Å². The third-order valence-electron chi connectivity index (χ3n) is 7.06. The summed E-state index contributed by atoms with van der Waals surface area (Å²) in [7, 11) is 0. The first kappa shape index (κ1) is 27.6. The summed E-state index contributed by atoms with van der Waals surface area (Å²) in [4.78, 5) is 12.2. The molecule has 0 spiro atoms. The summed E-state index contributed by atoms with van der Waals surface area (Å²) in [6.07, 6.45) is -4.45. The van der Waals surface area contributed by atoms with Crippen LogP contribution >= 0.6 is 0 Å². The van der Waals surface area contributed by atoms with Crippen molar-refractivity contribution in [3.8, 4) is 0 Å². The highest BCUT2D eigenvalue weighted by Crippen LogP contribution is 2.43. The van der Waals surface area contributed by atoms with Crippen molar-refractivity contribution in [1.82, 2.24) is 4.57 Å². The zero-order valence-electron chi connectivity index (χ0n) is 21.7. The van der Waals surface area contributed by atoms with Gasteiger partial charge in [0, 0.05) is 17.6 Å². The summed E-state index contributed by atoms with van der Waals surface area (Å²) >= 11 is 0. The Morgan fingerprint density at radius 3 is 2.32 bits per heavy atom. The average molecular weight is 524 g/mol. The normalized spacial score (nSPS) is 14.8. The van der Waals surface area contributed by atoms with Crippen LogP contribution in [-0.4, -0.2) is 21.5 Å². The molecule has 7 heteroatoms. The summed E-state index contributed by atoms with van der Waals surface area (Å²) in [6, 6.07) is 24.7. The summed E-state index contributed by atoms with van der Waals surface area (Å²) in [5.41, 5.74) is -1.49. The molecule has 0 amide bonds. The minimum atomic E-state index is -4.90. The molecule has 4 aromatic rings. The number of benzene rings is 3. The Morgan fingerprint density at radius 1 is 0.921 bits per heavy atom. The molecule has 4 nitrogen and oxygen atoms in total. The standard InChI is InChI=1S/C31H32F3NO3/c1-22(38-19-23-10-5-4-6-11-23)24-12-9-13-25(18-24)29(2,3)20-30(37,31(32,33)34)21-35-17-16-28(36)26-14-7-8-15-27(26)35/h4-18,22,37H,19-21H2,1-3H3. The van der Waals surface area contributed by atoms with Crippen LogP contribution in [-0.2, 0) is 23.3 Å². The fraction of sp³-hybridized carbons (Fsp3) is 0.323. The lowest BCUT2D eigenvalue weighted by atomic mass is 9.74. The zero-order chi connectivity index (χ0) is 27.6. The van der Waals surface area contributed by atoms with Gasteiger partial charge in [-0.15, -0.1) is 0 Å². The predicted molar refractivity (Wildman–Crippen MR) is 143 cm³/mol. The molecule has 0 fully saturated rings. The largest absolute Gasteiger partial charge is 0.418 e. The van der Waals surface area contributed by atoms with E-state index in [2.05, 4.69) is 0 Å². The van der Waals surface area contributed by atoms with Gasteiger partial charge in [-0.2, -0.15) is 13.2 Å². The molecule has 0 bridgehead atoms. The summed E-state index contributed by atoms with van der Waals surface area (Å²) in [6.45, 7) is 4.97. The molecule has 0 radical (unpaired) electrons. The van der Waals surface area contributed by atoms with Gasteiger partial charge in [-0.3, -0.25) is 4.79 Å². The maximum atomic E-state index is 14.4. The highest BCUT2D eigenvalue weighted by molar-refractivity contribution is 5.78. The molecule has 38 heavy (non-hydrogen) atoms. The van der Waals surface area contributed by atoms with E-state index in [1.807, 2.05) is 49.4 Å². The highest BCUT2D eigenvalue weighted by Gasteiger charge is 2.56. The Kier molecular flexibility index (Phi) is 7.81. The topological polar surface area (TPSA) is 51.5 Å². The maximum Gasteiger partial charge on any atom is 0.418 e. The predicted octanol–water partition coefficient (Wildman–Crippen LogP) is 6.94. The molecule has 0 saturated carbocycles. The first-order valence-electron chi connectivity index (χ1n) is 12.5. The molecule has 0 aliphatic carbocycles. The van der Waals surface area contributed by atoms with E-state index in [1.165, 1.54) is 16.8 Å². The van der Waals surface area contributed by atoms with Gasteiger partial charge in [0.15, 0.2) is 11.0 Å². The molecule has 1 aromatic heterocycles. The molecule has 0 saturated heterocycles. The van der Waals surface area contributed by atoms with Crippen molar-refractivity contribution < 1.29 is 23.0 Å². The average Bonchev–Trinajstić information content (AvgIpc) is 2.89. The minimum Gasteiger partial charge on any atom is -0.379 e. The van der Waals surface area contributed by atoms with Gasteiger partial charge in [0.1, 0.15) is 0 Å². The number of pyridine rings is 1. The van der Waals surface area contributed by atoms with Gasteiger partial charge in [-0.05, 0) is 47.6 Å². The Labute approximate surface area is 220 Å². The van der Waals surface area contributed by atoms with Crippen LogP contribution in [0.1, 0.15) is 50.0 Å². The van der Waals surface area contributed by atoms with Gasteiger partial charge in [0.25, 0.3) is 0 Å². The van der Waals surface area contributed by atoms with Crippen LogP contribution < -0.4 is 5.43 Å². The van der Waals surface area contributed by atoms with Crippen LogP contribution in [0, 0.1) is 0 Å². The van der Waals surface area contributed by atoms with E-state index in [9.17, 15) is 23.1 Å². The van der Waals surface area contributed by atoms with Crippen LogP contribution in [0.2, 0.25) is 0 Å². The van der Waals surface area contributed by atoms with Crippen LogP contribution in [0.5, 0.6) is 0 Å². The van der Waals surface area contributed by atoms with E-state index >= 15 is 0 Å². The summed E-state index contributed by atoms with van der Waals surface area (Å²) in [5, 5.41) is 11.5. The van der Waals surface area contributed by atoms with Gasteiger partial charge < -0.3 is 14.4 Å².